The Labute approximate surface area is 65.2 Å². The van der Waals surface area contributed by atoms with Gasteiger partial charge in [0.1, 0.15) is 0 Å². The number of nitrogens with zero attached hydrogens (tertiary/aromatic N) is 1. The van der Waals surface area contributed by atoms with Crippen LogP contribution in [0, 0.1) is 0 Å². The van der Waals surface area contributed by atoms with Crippen LogP contribution < -0.4 is 5.32 Å². The molecule has 0 aromatic rings. The van der Waals surface area contributed by atoms with Crippen LogP contribution in [0.5, 0.6) is 0 Å². The topological polar surface area (TPSA) is 24.4 Å². The van der Waals surface area contributed by atoms with Crippen molar-refractivity contribution in [2.24, 2.45) is 4.99 Å². The van der Waals surface area contributed by atoms with Crippen molar-refractivity contribution in [3.05, 3.63) is 12.3 Å². The molecule has 0 rings (SSSR count). The fraction of sp³-hybridized carbons (Fsp3) is 0.500. The summed E-state index contributed by atoms with van der Waals surface area (Å²) < 4.78 is 0. The molecule has 9 heavy (non-hydrogen) atoms. The molecule has 0 saturated heterocycles. The van der Waals surface area contributed by atoms with Gasteiger partial charge < -0.3 is 5.32 Å². The van der Waals surface area contributed by atoms with Crippen LogP contribution in [0.1, 0.15) is 6.92 Å². The predicted molar refractivity (Wildman–Crippen MR) is 47.2 cm³/mol. The number of hydrogen-bond donors (Lipinski definition) is 1. The monoisotopic (exact) mass is 192 g/mol. The van der Waals surface area contributed by atoms with Crippen molar-refractivity contribution in [1.29, 1.82) is 0 Å². The first-order chi connectivity index (χ1) is 4.33. The fourth-order valence-electron chi connectivity index (χ4n) is 0.119. The molecule has 0 radical (unpaired) electrons. The second-order valence-corrected chi connectivity index (χ2v) is 1.64. The van der Waals surface area contributed by atoms with E-state index >= 15 is 0 Å². The summed E-state index contributed by atoms with van der Waals surface area (Å²) in [5.41, 5.74) is 0. The average Bonchev–Trinajstić information content (AvgIpc) is 1.86. The van der Waals surface area contributed by atoms with Crippen molar-refractivity contribution in [2.75, 3.05) is 14.1 Å². The molecule has 0 aliphatic heterocycles. The van der Waals surface area contributed by atoms with E-state index in [1.807, 2.05) is 27.1 Å². The molecule has 0 fully saturated rings. The lowest BCUT2D eigenvalue weighted by molar-refractivity contribution is 1.02. The maximum Gasteiger partial charge on any atom is 0.0696 e. The van der Waals surface area contributed by atoms with Gasteiger partial charge in [-0.25, -0.2) is 0 Å². The second kappa shape index (κ2) is 15.7. The molecule has 0 aromatic heterocycles. The second-order valence-electron chi connectivity index (χ2n) is 1.23. The average molecular weight is 193 g/mol. The third kappa shape index (κ3) is 33.1. The summed E-state index contributed by atoms with van der Waals surface area (Å²) in [7, 11) is 3.75. The van der Waals surface area contributed by atoms with E-state index in [4.69, 9.17) is 0 Å². The van der Waals surface area contributed by atoms with Gasteiger partial charge in [-0.2, -0.15) is 0 Å². The molecule has 0 heterocycles. The highest BCUT2D eigenvalue weighted by Crippen LogP contribution is 1.73. The molecule has 0 spiro atoms. The quantitative estimate of drug-likeness (QED) is 0.630. The number of allylic oxidation sites excluding steroid dienone is 1. The smallest absolute Gasteiger partial charge is 0.0696 e. The minimum Gasteiger partial charge on any atom is -0.323 e. The van der Waals surface area contributed by atoms with Crippen molar-refractivity contribution < 1.29 is 0 Å². The standard InChI is InChI=1S/C4H6BrN.C2H7N/c1-2-3-6-4-5;1-3-2/h2-4H,1H3;3H,1-2H3/b3-2+,6-4?;. The van der Waals surface area contributed by atoms with E-state index in [0.717, 1.165) is 0 Å². The van der Waals surface area contributed by atoms with Gasteiger partial charge in [0.25, 0.3) is 0 Å². The van der Waals surface area contributed by atoms with E-state index in [1.165, 1.54) is 0 Å². The van der Waals surface area contributed by atoms with E-state index < -0.39 is 0 Å². The van der Waals surface area contributed by atoms with Crippen molar-refractivity contribution in [2.45, 2.75) is 6.92 Å². The van der Waals surface area contributed by atoms with Crippen molar-refractivity contribution in [3.63, 3.8) is 0 Å². The molecular weight excluding hydrogens is 180 g/mol. The van der Waals surface area contributed by atoms with Crippen LogP contribution in [0.2, 0.25) is 0 Å². The molecule has 0 aliphatic carbocycles. The van der Waals surface area contributed by atoms with Crippen LogP contribution in [0.15, 0.2) is 17.3 Å². The number of halogens is 1. The van der Waals surface area contributed by atoms with Gasteiger partial charge in [-0.3, -0.25) is 4.99 Å². The van der Waals surface area contributed by atoms with Crippen LogP contribution in [-0.2, 0) is 0 Å². The first-order valence-electron chi connectivity index (χ1n) is 2.65. The Hall–Kier alpha value is -0.150. The lowest BCUT2D eigenvalue weighted by Gasteiger charge is -1.63. The van der Waals surface area contributed by atoms with E-state index in [-0.39, 0.29) is 0 Å². The van der Waals surface area contributed by atoms with Crippen LogP contribution in [0.4, 0.5) is 0 Å². The molecule has 0 atom stereocenters. The first kappa shape index (κ1) is 11.6. The van der Waals surface area contributed by atoms with Gasteiger partial charge in [0.15, 0.2) is 0 Å². The normalized spacial score (nSPS) is 9.78. The third-order valence-corrected chi connectivity index (χ3v) is 0.528. The molecule has 0 aliphatic rings. The summed E-state index contributed by atoms with van der Waals surface area (Å²) in [6.07, 6.45) is 3.56. The van der Waals surface area contributed by atoms with Gasteiger partial charge in [0.05, 0.1) is 5.12 Å². The van der Waals surface area contributed by atoms with Crippen molar-refractivity contribution in [1.82, 2.24) is 5.32 Å². The largest absolute Gasteiger partial charge is 0.323 e. The van der Waals surface area contributed by atoms with Gasteiger partial charge in [0.2, 0.25) is 0 Å². The SMILES string of the molecule is C/C=C/N=CBr.CNC. The third-order valence-electron chi connectivity index (χ3n) is 0.291. The highest BCUT2D eigenvalue weighted by molar-refractivity contribution is 9.17. The van der Waals surface area contributed by atoms with Crippen molar-refractivity contribution >= 4 is 21.1 Å². The highest BCUT2D eigenvalue weighted by Gasteiger charge is 1.49. The number of aliphatic imine (C=N–C) groups is 1. The van der Waals surface area contributed by atoms with Crippen molar-refractivity contribution in [3.8, 4) is 0 Å². The molecule has 0 unspecified atom stereocenters. The molecule has 0 saturated carbocycles. The van der Waals surface area contributed by atoms with Gasteiger partial charge in [-0.1, -0.05) is 6.08 Å². The van der Waals surface area contributed by atoms with Crippen LogP contribution in [0.3, 0.4) is 0 Å². The van der Waals surface area contributed by atoms with E-state index in [0.29, 0.717) is 0 Å². The summed E-state index contributed by atoms with van der Waals surface area (Å²) in [4.78, 5) is 3.70. The number of rotatable bonds is 1. The van der Waals surface area contributed by atoms with Gasteiger partial charge >= 0.3 is 0 Å². The number of hydrogen-bond acceptors (Lipinski definition) is 2. The summed E-state index contributed by atoms with van der Waals surface area (Å²) in [5.74, 6) is 0. The summed E-state index contributed by atoms with van der Waals surface area (Å²) >= 11 is 3.01. The van der Waals surface area contributed by atoms with E-state index in [1.54, 1.807) is 11.3 Å². The Morgan fingerprint density at radius 3 is 2.00 bits per heavy atom. The Kier molecular flexibility index (Phi) is 20.2. The molecule has 2 nitrogen and oxygen atoms in total. The Morgan fingerprint density at radius 1 is 1.44 bits per heavy atom. The van der Waals surface area contributed by atoms with Gasteiger partial charge in [0, 0.05) is 6.20 Å². The van der Waals surface area contributed by atoms with Gasteiger partial charge in [-0.15, -0.1) is 0 Å². The molecule has 3 heteroatoms. The maximum atomic E-state index is 3.70. The molecule has 0 amide bonds. The van der Waals surface area contributed by atoms with E-state index in [9.17, 15) is 0 Å². The number of nitrogens with one attached hydrogen (secondary N) is 1. The summed E-state index contributed by atoms with van der Waals surface area (Å²) in [6.45, 7) is 1.92. The Morgan fingerprint density at radius 2 is 1.89 bits per heavy atom. The van der Waals surface area contributed by atoms with Crippen LogP contribution >= 0.6 is 15.9 Å². The Bertz CT molecular complexity index is 69.1. The first-order valence-corrected chi connectivity index (χ1v) is 3.56. The highest BCUT2D eigenvalue weighted by atomic mass is 79.9. The lowest BCUT2D eigenvalue weighted by atomic mass is 10.7. The zero-order valence-electron chi connectivity index (χ0n) is 6.06. The minimum absolute atomic E-state index is 1.56. The molecule has 1 N–H and O–H groups in total. The predicted octanol–water partition coefficient (Wildman–Crippen LogP) is 1.78. The lowest BCUT2D eigenvalue weighted by Crippen LogP contribution is -1.89. The molecular formula is C6H13BrN2. The summed E-state index contributed by atoms with van der Waals surface area (Å²) in [5, 5.41) is 4.31. The molecule has 0 aromatic carbocycles. The Balaban J connectivity index is 0. The molecule has 0 bridgehead atoms. The van der Waals surface area contributed by atoms with Gasteiger partial charge in [-0.05, 0) is 36.9 Å². The van der Waals surface area contributed by atoms with Crippen LogP contribution in [-0.4, -0.2) is 19.2 Å². The summed E-state index contributed by atoms with van der Waals surface area (Å²) in [6, 6.07) is 0. The molecule has 54 valence electrons. The zero-order valence-corrected chi connectivity index (χ0v) is 7.64. The van der Waals surface area contributed by atoms with Crippen LogP contribution in [0.25, 0.3) is 0 Å². The zero-order chi connectivity index (χ0) is 7.54. The van der Waals surface area contributed by atoms with E-state index in [2.05, 4.69) is 26.2 Å². The minimum atomic E-state index is 1.56. The maximum absolute atomic E-state index is 3.70. The fourth-order valence-corrected chi connectivity index (χ4v) is 0.255.